The van der Waals surface area contributed by atoms with Crippen LogP contribution >= 0.6 is 0 Å². The number of ether oxygens (including phenoxy) is 1. The van der Waals surface area contributed by atoms with Crippen LogP contribution in [0.4, 0.5) is 0 Å². The topological polar surface area (TPSA) is 75.8 Å². The fourth-order valence-electron chi connectivity index (χ4n) is 3.76. The smallest absolute Gasteiger partial charge is 0.0594 e. The predicted octanol–water partition coefficient (Wildman–Crippen LogP) is 3.52. The normalized spacial score (nSPS) is 20.4. The quantitative estimate of drug-likeness (QED) is 0.585. The van der Waals surface area contributed by atoms with Gasteiger partial charge < -0.3 is 15.8 Å². The number of allylic oxidation sites excluding steroid dienone is 5. The number of nitrogens with two attached hydrogens (primary N) is 1. The lowest BCUT2D eigenvalue weighted by molar-refractivity contribution is 0.0421. The molecule has 1 aromatic rings. The van der Waals surface area contributed by atoms with Gasteiger partial charge in [0.1, 0.15) is 0 Å². The highest BCUT2D eigenvalue weighted by atomic mass is 16.5. The van der Waals surface area contributed by atoms with E-state index in [1.54, 1.807) is 12.4 Å². The number of hydrogen-bond acceptors (Lipinski definition) is 6. The molecule has 1 saturated carbocycles. The summed E-state index contributed by atoms with van der Waals surface area (Å²) >= 11 is 0. The molecule has 0 radical (unpaired) electrons. The van der Waals surface area contributed by atoms with Gasteiger partial charge in [-0.3, -0.25) is 14.9 Å². The van der Waals surface area contributed by atoms with Crippen molar-refractivity contribution in [1.29, 1.82) is 0 Å². The van der Waals surface area contributed by atoms with Crippen molar-refractivity contribution >= 4 is 17.9 Å². The number of pyridine rings is 1. The molecule has 0 aromatic carbocycles. The second-order valence-electron chi connectivity index (χ2n) is 8.44. The molecule has 4 rings (SSSR count). The molecule has 2 fully saturated rings. The summed E-state index contributed by atoms with van der Waals surface area (Å²) in [6.45, 7) is 5.58. The van der Waals surface area contributed by atoms with E-state index in [9.17, 15) is 0 Å². The molecule has 0 unspecified atom stereocenters. The molecule has 1 aromatic heterocycles. The van der Waals surface area contributed by atoms with Crippen LogP contribution in [0.3, 0.4) is 0 Å². The number of nitrogens with one attached hydrogen (secondary N) is 1. The maximum Gasteiger partial charge on any atom is 0.0594 e. The molecule has 0 atom stereocenters. The Bertz CT molecular complexity index is 947. The van der Waals surface area contributed by atoms with Gasteiger partial charge in [0.2, 0.25) is 0 Å². The van der Waals surface area contributed by atoms with Gasteiger partial charge in [0.05, 0.1) is 13.2 Å². The minimum Gasteiger partial charge on any atom is -0.404 e. The molecule has 6 heteroatoms. The summed E-state index contributed by atoms with van der Waals surface area (Å²) in [7, 11) is 0. The summed E-state index contributed by atoms with van der Waals surface area (Å²) in [6, 6.07) is 1.98. The molecule has 2 aliphatic carbocycles. The Kier molecular flexibility index (Phi) is 8.06. The van der Waals surface area contributed by atoms with E-state index in [2.05, 4.69) is 44.5 Å². The van der Waals surface area contributed by atoms with Gasteiger partial charge in [0.25, 0.3) is 0 Å². The average molecular weight is 432 g/mol. The fourth-order valence-corrected chi connectivity index (χ4v) is 3.76. The number of aliphatic imine (C=N–C) groups is 1. The SMILES string of the molecule is NC=C(C=NCC1CC1)c1ccncc1/C=C/NC1=CC=C(CN2CCOCC2)CC=C1. The number of morpholine rings is 1. The van der Waals surface area contributed by atoms with Crippen LogP contribution < -0.4 is 11.1 Å². The average Bonchev–Trinajstić information content (AvgIpc) is 3.67. The third kappa shape index (κ3) is 6.77. The molecular formula is C26H33N5O. The maximum atomic E-state index is 5.90. The first kappa shape index (κ1) is 22.2. The molecule has 0 spiro atoms. The third-order valence-corrected chi connectivity index (χ3v) is 5.85. The predicted molar refractivity (Wildman–Crippen MR) is 132 cm³/mol. The van der Waals surface area contributed by atoms with Crippen molar-refractivity contribution in [2.24, 2.45) is 16.6 Å². The lowest BCUT2D eigenvalue weighted by Crippen LogP contribution is -2.37. The lowest BCUT2D eigenvalue weighted by atomic mass is 10.0. The largest absolute Gasteiger partial charge is 0.404 e. The van der Waals surface area contributed by atoms with Crippen LogP contribution in [0.25, 0.3) is 11.6 Å². The van der Waals surface area contributed by atoms with Crippen LogP contribution in [-0.4, -0.2) is 55.5 Å². The van der Waals surface area contributed by atoms with Crippen LogP contribution in [0, 0.1) is 5.92 Å². The monoisotopic (exact) mass is 431 g/mol. The van der Waals surface area contributed by atoms with Crippen LogP contribution in [-0.2, 0) is 4.74 Å². The molecule has 6 nitrogen and oxygen atoms in total. The van der Waals surface area contributed by atoms with E-state index in [1.807, 2.05) is 30.8 Å². The molecule has 1 aliphatic heterocycles. The van der Waals surface area contributed by atoms with Crippen LogP contribution in [0.1, 0.15) is 30.4 Å². The summed E-state index contributed by atoms with van der Waals surface area (Å²) in [6.07, 6.45) is 23.4. The second kappa shape index (κ2) is 11.6. The van der Waals surface area contributed by atoms with Crippen molar-refractivity contribution in [3.05, 3.63) is 77.6 Å². The molecule has 0 amide bonds. The van der Waals surface area contributed by atoms with E-state index >= 15 is 0 Å². The first-order valence-corrected chi connectivity index (χ1v) is 11.5. The van der Waals surface area contributed by atoms with Gasteiger partial charge in [-0.25, -0.2) is 0 Å². The number of aromatic nitrogens is 1. The van der Waals surface area contributed by atoms with Crippen LogP contribution in [0.2, 0.25) is 0 Å². The van der Waals surface area contributed by atoms with E-state index in [0.29, 0.717) is 0 Å². The Labute approximate surface area is 191 Å². The van der Waals surface area contributed by atoms with Gasteiger partial charge in [-0.1, -0.05) is 17.7 Å². The minimum absolute atomic E-state index is 0.760. The zero-order chi connectivity index (χ0) is 22.0. The van der Waals surface area contributed by atoms with E-state index in [-0.39, 0.29) is 0 Å². The highest BCUT2D eigenvalue weighted by Crippen LogP contribution is 2.29. The highest BCUT2D eigenvalue weighted by Gasteiger charge is 2.20. The van der Waals surface area contributed by atoms with Crippen molar-refractivity contribution in [1.82, 2.24) is 15.2 Å². The van der Waals surface area contributed by atoms with E-state index in [4.69, 9.17) is 10.5 Å². The molecule has 2 heterocycles. The maximum absolute atomic E-state index is 5.90. The van der Waals surface area contributed by atoms with Crippen molar-refractivity contribution in [2.45, 2.75) is 19.3 Å². The van der Waals surface area contributed by atoms with Crippen molar-refractivity contribution in [3.63, 3.8) is 0 Å². The molecule has 168 valence electrons. The summed E-state index contributed by atoms with van der Waals surface area (Å²) in [5.41, 5.74) is 11.3. The lowest BCUT2D eigenvalue weighted by Gasteiger charge is -2.27. The molecule has 32 heavy (non-hydrogen) atoms. The van der Waals surface area contributed by atoms with Crippen molar-refractivity contribution in [2.75, 3.05) is 39.4 Å². The molecule has 1 saturated heterocycles. The van der Waals surface area contributed by atoms with Gasteiger partial charge in [0, 0.05) is 74.0 Å². The Morgan fingerprint density at radius 1 is 1.28 bits per heavy atom. The number of nitrogens with zero attached hydrogens (tertiary/aromatic N) is 3. The number of hydrogen-bond donors (Lipinski definition) is 2. The Morgan fingerprint density at radius 3 is 2.97 bits per heavy atom. The Hall–Kier alpha value is -2.96. The molecular weight excluding hydrogens is 398 g/mol. The summed E-state index contributed by atoms with van der Waals surface area (Å²) < 4.78 is 5.45. The number of rotatable bonds is 9. The zero-order valence-corrected chi connectivity index (χ0v) is 18.6. The highest BCUT2D eigenvalue weighted by molar-refractivity contribution is 6.10. The fraction of sp³-hybridized carbons (Fsp3) is 0.385. The van der Waals surface area contributed by atoms with Crippen LogP contribution in [0.15, 0.2) is 71.4 Å². The summed E-state index contributed by atoms with van der Waals surface area (Å²) in [5, 5.41) is 3.39. The van der Waals surface area contributed by atoms with Crippen LogP contribution in [0.5, 0.6) is 0 Å². The molecule has 3 N–H and O–H groups in total. The van der Waals surface area contributed by atoms with Crippen molar-refractivity contribution < 1.29 is 4.74 Å². The van der Waals surface area contributed by atoms with E-state index < -0.39 is 0 Å². The van der Waals surface area contributed by atoms with E-state index in [0.717, 1.165) is 74.1 Å². The zero-order valence-electron chi connectivity index (χ0n) is 18.6. The van der Waals surface area contributed by atoms with Gasteiger partial charge in [-0.2, -0.15) is 0 Å². The minimum atomic E-state index is 0.760. The third-order valence-electron chi connectivity index (χ3n) is 5.85. The first-order valence-electron chi connectivity index (χ1n) is 11.5. The van der Waals surface area contributed by atoms with Gasteiger partial charge in [0.15, 0.2) is 0 Å². The van der Waals surface area contributed by atoms with Crippen molar-refractivity contribution in [3.8, 4) is 0 Å². The standard InChI is InChI=1S/C26H33N5O/c27-16-24(19-29-17-21-4-5-21)26-9-10-28-18-23(26)8-11-30-25-3-1-2-22(6-7-25)20-31-12-14-32-15-13-31/h1,3,6-11,16,18-19,21,30H,2,4-5,12-15,17,20,27H2/b11-8+,24-16?,29-19?. The molecule has 3 aliphatic rings. The Balaban J connectivity index is 1.37. The van der Waals surface area contributed by atoms with Gasteiger partial charge in [-0.05, 0) is 55.0 Å². The second-order valence-corrected chi connectivity index (χ2v) is 8.44. The van der Waals surface area contributed by atoms with Gasteiger partial charge in [-0.15, -0.1) is 0 Å². The summed E-state index contributed by atoms with van der Waals surface area (Å²) in [5.74, 6) is 0.760. The first-order chi connectivity index (χ1) is 15.8. The van der Waals surface area contributed by atoms with Gasteiger partial charge >= 0.3 is 0 Å². The summed E-state index contributed by atoms with van der Waals surface area (Å²) in [4.78, 5) is 11.3. The van der Waals surface area contributed by atoms with E-state index in [1.165, 1.54) is 18.4 Å². The molecule has 0 bridgehead atoms. The Morgan fingerprint density at radius 2 is 2.16 bits per heavy atom.